The minimum atomic E-state index is -0.665. The summed E-state index contributed by atoms with van der Waals surface area (Å²) in [6.45, 7) is 4.94. The molecule has 1 amide bonds. The predicted molar refractivity (Wildman–Crippen MR) is 283 cm³/mol. The molecule has 0 aliphatic rings. The van der Waals surface area contributed by atoms with Crippen molar-refractivity contribution in [2.45, 2.75) is 328 Å². The Labute approximate surface area is 405 Å². The van der Waals surface area contributed by atoms with Gasteiger partial charge in [-0.15, -0.1) is 0 Å². The molecular formula is C59H113NO5. The van der Waals surface area contributed by atoms with Gasteiger partial charge in [-0.05, 0) is 57.8 Å². The normalized spacial score (nSPS) is 12.7. The van der Waals surface area contributed by atoms with Crippen molar-refractivity contribution in [1.82, 2.24) is 5.32 Å². The molecule has 0 aromatic carbocycles. The van der Waals surface area contributed by atoms with Crippen molar-refractivity contribution in [3.63, 3.8) is 0 Å². The second kappa shape index (κ2) is 54.9. The number of nitrogens with one attached hydrogen (secondary N) is 1. The van der Waals surface area contributed by atoms with Crippen molar-refractivity contribution in [3.8, 4) is 0 Å². The van der Waals surface area contributed by atoms with E-state index in [4.69, 9.17) is 4.74 Å². The topological polar surface area (TPSA) is 95.9 Å². The van der Waals surface area contributed by atoms with E-state index in [2.05, 4.69) is 43.5 Å². The molecule has 0 aliphatic carbocycles. The lowest BCUT2D eigenvalue weighted by atomic mass is 10.0. The molecule has 384 valence electrons. The fourth-order valence-electron chi connectivity index (χ4n) is 9.02. The lowest BCUT2D eigenvalue weighted by Gasteiger charge is -2.22. The lowest BCUT2D eigenvalue weighted by molar-refractivity contribution is -0.143. The molecule has 0 radical (unpaired) electrons. The number of carbonyl (C=O) groups is 2. The molecule has 0 bridgehead atoms. The molecule has 0 aliphatic heterocycles. The summed E-state index contributed by atoms with van der Waals surface area (Å²) in [6, 6.07) is -0.543. The molecule has 0 spiro atoms. The number of amides is 1. The average Bonchev–Trinajstić information content (AvgIpc) is 3.31. The van der Waals surface area contributed by atoms with Crippen LogP contribution in [-0.4, -0.2) is 47.4 Å². The zero-order chi connectivity index (χ0) is 47.2. The summed E-state index contributed by atoms with van der Waals surface area (Å²) >= 11 is 0. The first kappa shape index (κ1) is 63.3. The third kappa shape index (κ3) is 51.6. The second-order valence-corrected chi connectivity index (χ2v) is 20.0. The van der Waals surface area contributed by atoms with Gasteiger partial charge in [0.2, 0.25) is 5.91 Å². The largest absolute Gasteiger partial charge is 0.466 e. The van der Waals surface area contributed by atoms with Gasteiger partial charge in [-0.2, -0.15) is 0 Å². The first-order valence-corrected chi connectivity index (χ1v) is 29.1. The van der Waals surface area contributed by atoms with Gasteiger partial charge in [0.05, 0.1) is 25.4 Å². The van der Waals surface area contributed by atoms with Crippen molar-refractivity contribution in [2.75, 3.05) is 13.2 Å². The van der Waals surface area contributed by atoms with Gasteiger partial charge in [0, 0.05) is 12.8 Å². The van der Waals surface area contributed by atoms with Gasteiger partial charge in [0.25, 0.3) is 0 Å². The van der Waals surface area contributed by atoms with Crippen molar-refractivity contribution >= 4 is 11.9 Å². The maximum absolute atomic E-state index is 12.4. The van der Waals surface area contributed by atoms with E-state index in [9.17, 15) is 19.8 Å². The van der Waals surface area contributed by atoms with Gasteiger partial charge in [0.15, 0.2) is 0 Å². The number of ether oxygens (including phenoxy) is 1. The van der Waals surface area contributed by atoms with Crippen LogP contribution in [-0.2, 0) is 14.3 Å². The molecule has 2 unspecified atom stereocenters. The summed E-state index contributed by atoms with van der Waals surface area (Å²) in [5.74, 6) is -0.0319. The number of unbranched alkanes of at least 4 members (excludes halogenated alkanes) is 39. The van der Waals surface area contributed by atoms with Gasteiger partial charge >= 0.3 is 5.97 Å². The van der Waals surface area contributed by atoms with E-state index in [0.29, 0.717) is 25.9 Å². The molecule has 6 nitrogen and oxygen atoms in total. The van der Waals surface area contributed by atoms with Crippen LogP contribution in [0.3, 0.4) is 0 Å². The van der Waals surface area contributed by atoms with E-state index in [1.54, 1.807) is 0 Å². The molecule has 65 heavy (non-hydrogen) atoms. The van der Waals surface area contributed by atoms with Crippen molar-refractivity contribution in [1.29, 1.82) is 0 Å². The minimum Gasteiger partial charge on any atom is -0.466 e. The standard InChI is InChI=1S/C59H113NO5/c1-3-5-7-9-11-13-14-15-30-33-37-41-45-49-53-59(64)65-54-50-46-42-38-34-31-28-26-24-22-20-18-16-17-19-21-23-25-27-29-32-36-40-44-48-52-58(63)60-56(55-61)57(62)51-47-43-39-35-12-10-8-6-4-2/h17-20,56-57,61-62H,3-16,21-55H2,1-2H3,(H,60,63)/b19-17-,20-18-. The number of aliphatic hydroxyl groups excluding tert-OH is 2. The van der Waals surface area contributed by atoms with Crippen LogP contribution in [0, 0.1) is 0 Å². The molecule has 0 aromatic rings. The Morgan fingerprint density at radius 1 is 0.431 bits per heavy atom. The van der Waals surface area contributed by atoms with Crippen LogP contribution in [0.2, 0.25) is 0 Å². The minimum absolute atomic E-state index is 0.0112. The Balaban J connectivity index is 3.40. The van der Waals surface area contributed by atoms with E-state index in [1.165, 1.54) is 238 Å². The van der Waals surface area contributed by atoms with Crippen molar-refractivity contribution in [3.05, 3.63) is 24.3 Å². The third-order valence-electron chi connectivity index (χ3n) is 13.5. The maximum Gasteiger partial charge on any atom is 0.305 e. The Morgan fingerprint density at radius 3 is 1.17 bits per heavy atom. The van der Waals surface area contributed by atoms with Gasteiger partial charge in [-0.1, -0.05) is 269 Å². The van der Waals surface area contributed by atoms with Crippen LogP contribution in [0.25, 0.3) is 0 Å². The molecule has 3 N–H and O–H groups in total. The summed E-state index contributed by atoms with van der Waals surface area (Å²) in [5.41, 5.74) is 0. The van der Waals surface area contributed by atoms with E-state index < -0.39 is 12.1 Å². The molecule has 0 heterocycles. The molecule has 6 heteroatoms. The highest BCUT2D eigenvalue weighted by Gasteiger charge is 2.20. The van der Waals surface area contributed by atoms with Crippen molar-refractivity contribution in [2.24, 2.45) is 0 Å². The highest BCUT2D eigenvalue weighted by Crippen LogP contribution is 2.17. The number of esters is 1. The average molecular weight is 917 g/mol. The number of hydrogen-bond donors (Lipinski definition) is 3. The fraction of sp³-hybridized carbons (Fsp3) is 0.898. The molecule has 0 aromatic heterocycles. The molecule has 0 fully saturated rings. The van der Waals surface area contributed by atoms with Gasteiger partial charge in [-0.25, -0.2) is 0 Å². The van der Waals surface area contributed by atoms with Crippen LogP contribution in [0.4, 0.5) is 0 Å². The van der Waals surface area contributed by atoms with Gasteiger partial charge < -0.3 is 20.3 Å². The quantitative estimate of drug-likeness (QED) is 0.0321. The van der Waals surface area contributed by atoms with Crippen LogP contribution in [0.5, 0.6) is 0 Å². The Kier molecular flexibility index (Phi) is 53.5. The van der Waals surface area contributed by atoms with Gasteiger partial charge in [0.1, 0.15) is 0 Å². The number of aliphatic hydroxyl groups is 2. The van der Waals surface area contributed by atoms with E-state index >= 15 is 0 Å². The summed E-state index contributed by atoms with van der Waals surface area (Å²) in [5, 5.41) is 23.1. The molecule has 2 atom stereocenters. The smallest absolute Gasteiger partial charge is 0.305 e. The number of hydrogen-bond acceptors (Lipinski definition) is 5. The maximum atomic E-state index is 12.4. The first-order valence-electron chi connectivity index (χ1n) is 29.1. The highest BCUT2D eigenvalue weighted by atomic mass is 16.5. The molecule has 0 rings (SSSR count). The molecule has 0 saturated carbocycles. The number of allylic oxidation sites excluding steroid dienone is 4. The monoisotopic (exact) mass is 916 g/mol. The van der Waals surface area contributed by atoms with E-state index in [0.717, 1.165) is 44.9 Å². The third-order valence-corrected chi connectivity index (χ3v) is 13.5. The highest BCUT2D eigenvalue weighted by molar-refractivity contribution is 5.76. The summed E-state index contributed by atoms with van der Waals surface area (Å²) < 4.78 is 5.48. The Bertz CT molecular complexity index is 1010. The number of carbonyl (C=O) groups excluding carboxylic acids is 2. The second-order valence-electron chi connectivity index (χ2n) is 20.0. The van der Waals surface area contributed by atoms with Crippen LogP contribution in [0.1, 0.15) is 316 Å². The summed E-state index contributed by atoms with van der Waals surface area (Å²) in [6.07, 6.45) is 66.1. The Hall–Kier alpha value is -1.66. The first-order chi connectivity index (χ1) is 32.0. The van der Waals surface area contributed by atoms with Crippen LogP contribution >= 0.6 is 0 Å². The molecular weight excluding hydrogens is 803 g/mol. The summed E-state index contributed by atoms with van der Waals surface area (Å²) in [7, 11) is 0. The Morgan fingerprint density at radius 2 is 0.769 bits per heavy atom. The van der Waals surface area contributed by atoms with Gasteiger partial charge in [-0.3, -0.25) is 9.59 Å². The van der Waals surface area contributed by atoms with E-state index in [-0.39, 0.29) is 18.5 Å². The zero-order valence-electron chi connectivity index (χ0n) is 43.7. The predicted octanol–water partition coefficient (Wildman–Crippen LogP) is 17.9. The van der Waals surface area contributed by atoms with Crippen LogP contribution < -0.4 is 5.32 Å². The molecule has 0 saturated heterocycles. The fourth-order valence-corrected chi connectivity index (χ4v) is 9.02. The summed E-state index contributed by atoms with van der Waals surface area (Å²) in [4.78, 5) is 24.4. The lowest BCUT2D eigenvalue weighted by Crippen LogP contribution is -2.45. The van der Waals surface area contributed by atoms with Crippen molar-refractivity contribution < 1.29 is 24.5 Å². The SMILES string of the molecule is CCCCCCCCCCCCCCCCC(=O)OCCCCCCCCCCC/C=C\C/C=C\CCCCCCCCCCCC(=O)NC(CO)C(O)CCCCCCCCCCC. The zero-order valence-corrected chi connectivity index (χ0v) is 43.7. The van der Waals surface area contributed by atoms with E-state index in [1.807, 2.05) is 0 Å². The number of rotatable bonds is 54. The van der Waals surface area contributed by atoms with Crippen LogP contribution in [0.15, 0.2) is 24.3 Å².